The Hall–Kier alpha value is -3.54. The Morgan fingerprint density at radius 1 is 0.706 bits per heavy atom. The van der Waals surface area contributed by atoms with Crippen LogP contribution in [0.4, 0.5) is 0 Å². The van der Waals surface area contributed by atoms with Crippen LogP contribution in [0.5, 0.6) is 11.5 Å². The number of benzene rings is 2. The van der Waals surface area contributed by atoms with Crippen molar-refractivity contribution in [1.29, 1.82) is 0 Å². The molecule has 0 aliphatic heterocycles. The van der Waals surface area contributed by atoms with Crippen LogP contribution in [0.3, 0.4) is 0 Å². The van der Waals surface area contributed by atoms with Crippen LogP contribution in [0, 0.1) is 0 Å². The van der Waals surface area contributed by atoms with Crippen molar-refractivity contribution in [2.75, 3.05) is 14.2 Å². The number of ether oxygens (including phenoxy) is 2. The highest BCUT2D eigenvalue weighted by Crippen LogP contribution is 2.41. The lowest BCUT2D eigenvalue weighted by molar-refractivity contribution is 0.111. The van der Waals surface area contributed by atoms with E-state index in [0.717, 1.165) is 68.4 Å². The topological polar surface area (TPSA) is 84.2 Å². The van der Waals surface area contributed by atoms with Crippen molar-refractivity contribution in [3.05, 3.63) is 58.9 Å². The molecule has 2 heterocycles. The largest absolute Gasteiger partial charge is 0.497 e. The molecule has 2 aliphatic rings. The summed E-state index contributed by atoms with van der Waals surface area (Å²) in [6, 6.07) is 11.6. The first-order valence-electron chi connectivity index (χ1n) is 12.0. The normalized spacial score (nSPS) is 15.8. The molecule has 2 N–H and O–H groups in total. The van der Waals surface area contributed by atoms with Crippen LogP contribution in [0.25, 0.3) is 21.8 Å². The minimum atomic E-state index is 0.536. The molecule has 2 aliphatic carbocycles. The van der Waals surface area contributed by atoms with Crippen LogP contribution >= 0.6 is 0 Å². The first-order valence-corrected chi connectivity index (χ1v) is 12.0. The number of fused-ring (bicyclic) bond motifs is 2. The second-order valence-electron chi connectivity index (χ2n) is 9.22. The van der Waals surface area contributed by atoms with E-state index < -0.39 is 0 Å². The molecule has 2 saturated carbocycles. The highest BCUT2D eigenvalue weighted by molar-refractivity contribution is 6.00. The molecular formula is C28H30N2O4. The van der Waals surface area contributed by atoms with Gasteiger partial charge < -0.3 is 19.4 Å². The zero-order chi connectivity index (χ0) is 23.7. The molecule has 6 nitrogen and oxygen atoms in total. The lowest BCUT2D eigenvalue weighted by Gasteiger charge is -2.24. The van der Waals surface area contributed by atoms with Gasteiger partial charge in [-0.3, -0.25) is 9.59 Å². The summed E-state index contributed by atoms with van der Waals surface area (Å²) in [4.78, 5) is 29.3. The predicted molar refractivity (Wildman–Crippen MR) is 134 cm³/mol. The predicted octanol–water partition coefficient (Wildman–Crippen LogP) is 6.51. The van der Waals surface area contributed by atoms with Gasteiger partial charge >= 0.3 is 0 Å². The number of nitrogens with one attached hydrogen (secondary N) is 2. The minimum Gasteiger partial charge on any atom is -0.497 e. The highest BCUT2D eigenvalue weighted by atomic mass is 16.5. The summed E-state index contributed by atoms with van der Waals surface area (Å²) < 4.78 is 10.4. The fourth-order valence-corrected chi connectivity index (χ4v) is 4.97. The smallest absolute Gasteiger partial charge is 0.152 e. The van der Waals surface area contributed by atoms with Crippen molar-refractivity contribution in [2.45, 2.75) is 50.4 Å². The molecule has 2 fully saturated rings. The van der Waals surface area contributed by atoms with Gasteiger partial charge in [0.1, 0.15) is 11.5 Å². The van der Waals surface area contributed by atoms with Gasteiger partial charge in [0.2, 0.25) is 0 Å². The molecule has 0 atom stereocenters. The summed E-state index contributed by atoms with van der Waals surface area (Å²) in [6.45, 7) is 0. The van der Waals surface area contributed by atoms with Gasteiger partial charge in [0.05, 0.1) is 14.2 Å². The molecule has 6 heteroatoms. The zero-order valence-electron chi connectivity index (χ0n) is 19.6. The van der Waals surface area contributed by atoms with Crippen molar-refractivity contribution < 1.29 is 19.1 Å². The molecule has 2 aromatic carbocycles. The SMILES string of the molecule is COc1ccc2[nH]c(C3CCC3)c(C=O)c2c1.COc1ccc2[nH]c(C3CCC3)c(C=O)c2c1. The van der Waals surface area contributed by atoms with E-state index in [0.29, 0.717) is 11.8 Å². The third-order valence-corrected chi connectivity index (χ3v) is 7.42. The van der Waals surface area contributed by atoms with E-state index >= 15 is 0 Å². The average molecular weight is 459 g/mol. The summed E-state index contributed by atoms with van der Waals surface area (Å²) in [5.41, 5.74) is 5.88. The number of hydrogen-bond donors (Lipinski definition) is 2. The van der Waals surface area contributed by atoms with Crippen LogP contribution in [0.1, 0.15) is 82.5 Å². The molecule has 0 bridgehead atoms. The molecule has 0 spiro atoms. The number of carbonyl (C=O) groups excluding carboxylic acids is 2. The summed E-state index contributed by atoms with van der Waals surface area (Å²) in [6.07, 6.45) is 9.20. The van der Waals surface area contributed by atoms with E-state index in [1.54, 1.807) is 14.2 Å². The molecule has 0 radical (unpaired) electrons. The molecular weight excluding hydrogens is 428 g/mol. The first kappa shape index (κ1) is 22.3. The fourth-order valence-electron chi connectivity index (χ4n) is 4.97. The average Bonchev–Trinajstić information content (AvgIpc) is 3.33. The molecule has 6 rings (SSSR count). The number of carbonyl (C=O) groups is 2. The summed E-state index contributed by atoms with van der Waals surface area (Å²) in [5.74, 6) is 2.65. The van der Waals surface area contributed by atoms with E-state index in [1.165, 1.54) is 38.5 Å². The standard InChI is InChI=1S/2C14H15NO2/c2*1-17-10-5-6-13-11(7-10)12(8-16)14(15-13)9-3-2-4-9/h2*5-9,15H,2-4H2,1H3. The van der Waals surface area contributed by atoms with Crippen LogP contribution in [-0.4, -0.2) is 36.8 Å². The van der Waals surface area contributed by atoms with Gasteiger partial charge in [-0.15, -0.1) is 0 Å². The highest BCUT2D eigenvalue weighted by Gasteiger charge is 2.26. The zero-order valence-corrected chi connectivity index (χ0v) is 19.6. The quantitative estimate of drug-likeness (QED) is 0.323. The van der Waals surface area contributed by atoms with E-state index in [-0.39, 0.29) is 0 Å². The Bertz CT molecular complexity index is 1240. The lowest BCUT2D eigenvalue weighted by atomic mass is 9.81. The van der Waals surface area contributed by atoms with Gasteiger partial charge in [-0.2, -0.15) is 0 Å². The van der Waals surface area contributed by atoms with Crippen molar-refractivity contribution in [2.24, 2.45) is 0 Å². The van der Waals surface area contributed by atoms with Crippen molar-refractivity contribution >= 4 is 34.4 Å². The van der Waals surface area contributed by atoms with Gasteiger partial charge in [0.15, 0.2) is 12.6 Å². The maximum absolute atomic E-state index is 11.3. The van der Waals surface area contributed by atoms with Crippen LogP contribution in [0.2, 0.25) is 0 Å². The molecule has 0 unspecified atom stereocenters. The number of aldehydes is 2. The Balaban J connectivity index is 0.000000142. The fraction of sp³-hybridized carbons (Fsp3) is 0.357. The van der Waals surface area contributed by atoms with Gasteiger partial charge in [-0.05, 0) is 73.9 Å². The number of aromatic nitrogens is 2. The second kappa shape index (κ2) is 9.37. The number of aromatic amines is 2. The van der Waals surface area contributed by atoms with E-state index in [4.69, 9.17) is 9.47 Å². The maximum atomic E-state index is 11.3. The molecule has 0 saturated heterocycles. The lowest BCUT2D eigenvalue weighted by Crippen LogP contribution is -2.10. The van der Waals surface area contributed by atoms with Crippen molar-refractivity contribution in [3.8, 4) is 11.5 Å². The Kier molecular flexibility index (Phi) is 6.14. The molecule has 4 aromatic rings. The van der Waals surface area contributed by atoms with Crippen molar-refractivity contribution in [1.82, 2.24) is 9.97 Å². The van der Waals surface area contributed by atoms with E-state index in [1.807, 2.05) is 36.4 Å². The van der Waals surface area contributed by atoms with Gasteiger partial charge in [-0.25, -0.2) is 0 Å². The van der Waals surface area contributed by atoms with Crippen LogP contribution in [-0.2, 0) is 0 Å². The van der Waals surface area contributed by atoms with Crippen LogP contribution < -0.4 is 9.47 Å². The van der Waals surface area contributed by atoms with Gasteiger partial charge in [0.25, 0.3) is 0 Å². The van der Waals surface area contributed by atoms with E-state index in [9.17, 15) is 9.59 Å². The Labute approximate surface area is 198 Å². The Morgan fingerprint density at radius 3 is 1.41 bits per heavy atom. The molecule has 176 valence electrons. The van der Waals surface area contributed by atoms with E-state index in [2.05, 4.69) is 9.97 Å². The number of methoxy groups -OCH3 is 2. The third kappa shape index (κ3) is 3.87. The Morgan fingerprint density at radius 2 is 1.12 bits per heavy atom. The van der Waals surface area contributed by atoms with Gasteiger partial charge in [0, 0.05) is 44.3 Å². The summed E-state index contributed by atoms with van der Waals surface area (Å²) in [7, 11) is 3.28. The molecule has 0 amide bonds. The monoisotopic (exact) mass is 458 g/mol. The summed E-state index contributed by atoms with van der Waals surface area (Å²) in [5, 5.41) is 1.95. The third-order valence-electron chi connectivity index (χ3n) is 7.42. The molecule has 34 heavy (non-hydrogen) atoms. The summed E-state index contributed by atoms with van der Waals surface area (Å²) >= 11 is 0. The number of hydrogen-bond acceptors (Lipinski definition) is 4. The minimum absolute atomic E-state index is 0.536. The second-order valence-corrected chi connectivity index (χ2v) is 9.22. The number of H-pyrrole nitrogens is 2. The number of rotatable bonds is 6. The van der Waals surface area contributed by atoms with Crippen LogP contribution in [0.15, 0.2) is 36.4 Å². The first-order chi connectivity index (χ1) is 16.7. The molecule has 2 aromatic heterocycles. The van der Waals surface area contributed by atoms with Gasteiger partial charge in [-0.1, -0.05) is 12.8 Å². The van der Waals surface area contributed by atoms with Crippen molar-refractivity contribution in [3.63, 3.8) is 0 Å². The maximum Gasteiger partial charge on any atom is 0.152 e.